The molecule has 0 saturated heterocycles. The number of esters is 1. The third-order valence-electron chi connectivity index (χ3n) is 4.03. The smallest absolute Gasteiger partial charge is 0.356 e. The van der Waals surface area contributed by atoms with Gasteiger partial charge < -0.3 is 14.6 Å². The van der Waals surface area contributed by atoms with Gasteiger partial charge in [0.2, 0.25) is 6.10 Å². The first-order valence-electron chi connectivity index (χ1n) is 8.64. The van der Waals surface area contributed by atoms with Crippen LogP contribution in [0.4, 0.5) is 0 Å². The fourth-order valence-corrected chi connectivity index (χ4v) is 3.83. The van der Waals surface area contributed by atoms with Gasteiger partial charge in [0, 0.05) is 35.4 Å². The zero-order valence-electron chi connectivity index (χ0n) is 16.1. The average molecular weight is 385 g/mol. The number of amides is 1. The van der Waals surface area contributed by atoms with Crippen LogP contribution in [0.2, 0.25) is 0 Å². The Bertz CT molecular complexity index is 983. The van der Waals surface area contributed by atoms with Crippen molar-refractivity contribution in [2.24, 2.45) is 7.05 Å². The number of aryl methyl sites for hydroxylation is 2. The number of hydrogen-bond acceptors (Lipinski definition) is 5. The standard InChI is InChI=1S/C20H23N3O3S/c1-12-10-14-16(27-12)11-15(23(14)5)19(25)26-17(13-6-8-21-9-7-13)18(24)22-20(2,3)4/h6-11,17H,1-5H3,(H,22,24)/t17-/m1/s1. The highest BCUT2D eigenvalue weighted by atomic mass is 32.1. The lowest BCUT2D eigenvalue weighted by atomic mass is 10.1. The van der Waals surface area contributed by atoms with Crippen LogP contribution in [-0.4, -0.2) is 27.0 Å². The van der Waals surface area contributed by atoms with Crippen LogP contribution in [0.5, 0.6) is 0 Å². The summed E-state index contributed by atoms with van der Waals surface area (Å²) in [7, 11) is 1.82. The van der Waals surface area contributed by atoms with E-state index < -0.39 is 17.6 Å². The Kier molecular flexibility index (Phi) is 5.06. The van der Waals surface area contributed by atoms with E-state index >= 15 is 0 Å². The molecule has 1 amide bonds. The second kappa shape index (κ2) is 7.15. The second-order valence-electron chi connectivity index (χ2n) is 7.50. The molecule has 0 radical (unpaired) electrons. The number of nitrogens with zero attached hydrogens (tertiary/aromatic N) is 2. The minimum absolute atomic E-state index is 0.367. The molecule has 3 aromatic heterocycles. The lowest BCUT2D eigenvalue weighted by Crippen LogP contribution is -2.44. The first-order chi connectivity index (χ1) is 12.7. The van der Waals surface area contributed by atoms with Gasteiger partial charge in [0.15, 0.2) is 0 Å². The van der Waals surface area contributed by atoms with Crippen molar-refractivity contribution in [2.75, 3.05) is 0 Å². The zero-order chi connectivity index (χ0) is 19.8. The maximum atomic E-state index is 12.8. The van der Waals surface area contributed by atoms with Gasteiger partial charge in [-0.25, -0.2) is 4.79 Å². The Morgan fingerprint density at radius 2 is 1.89 bits per heavy atom. The fourth-order valence-electron chi connectivity index (χ4n) is 2.84. The van der Waals surface area contributed by atoms with Crippen LogP contribution in [-0.2, 0) is 16.6 Å². The summed E-state index contributed by atoms with van der Waals surface area (Å²) in [5.41, 5.74) is 1.52. The lowest BCUT2D eigenvalue weighted by molar-refractivity contribution is -0.131. The summed E-state index contributed by atoms with van der Waals surface area (Å²) >= 11 is 1.62. The van der Waals surface area contributed by atoms with Gasteiger partial charge in [-0.15, -0.1) is 11.3 Å². The second-order valence-corrected chi connectivity index (χ2v) is 8.79. The van der Waals surface area contributed by atoms with Crippen LogP contribution < -0.4 is 5.32 Å². The van der Waals surface area contributed by atoms with Gasteiger partial charge in [0.1, 0.15) is 5.69 Å². The number of hydrogen-bond donors (Lipinski definition) is 1. The van der Waals surface area contributed by atoms with E-state index in [1.807, 2.05) is 40.8 Å². The van der Waals surface area contributed by atoms with Crippen LogP contribution >= 0.6 is 11.3 Å². The van der Waals surface area contributed by atoms with Crippen molar-refractivity contribution in [3.8, 4) is 0 Å². The van der Waals surface area contributed by atoms with Crippen LogP contribution in [0.25, 0.3) is 10.2 Å². The first kappa shape index (κ1) is 19.1. The summed E-state index contributed by atoms with van der Waals surface area (Å²) in [6.45, 7) is 7.66. The largest absolute Gasteiger partial charge is 0.443 e. The molecule has 3 aromatic rings. The summed E-state index contributed by atoms with van der Waals surface area (Å²) in [6.07, 6.45) is 2.10. The van der Waals surface area contributed by atoms with E-state index in [1.165, 1.54) is 4.88 Å². The molecule has 6 nitrogen and oxygen atoms in total. The maximum Gasteiger partial charge on any atom is 0.356 e. The van der Waals surface area contributed by atoms with Gasteiger partial charge in [0.05, 0.1) is 10.2 Å². The molecular weight excluding hydrogens is 362 g/mol. The number of nitrogens with one attached hydrogen (secondary N) is 1. The molecule has 0 unspecified atom stereocenters. The Balaban J connectivity index is 1.90. The summed E-state index contributed by atoms with van der Waals surface area (Å²) in [4.78, 5) is 30.7. The van der Waals surface area contributed by atoms with Crippen molar-refractivity contribution >= 4 is 33.4 Å². The van der Waals surface area contributed by atoms with E-state index in [0.717, 1.165) is 10.2 Å². The molecule has 0 aromatic carbocycles. The maximum absolute atomic E-state index is 12.8. The molecule has 1 N–H and O–H groups in total. The van der Waals surface area contributed by atoms with Crippen LogP contribution in [0.1, 0.15) is 47.8 Å². The quantitative estimate of drug-likeness (QED) is 0.694. The van der Waals surface area contributed by atoms with Gasteiger partial charge >= 0.3 is 5.97 Å². The average Bonchev–Trinajstić information content (AvgIpc) is 3.09. The molecule has 3 heterocycles. The third-order valence-corrected chi connectivity index (χ3v) is 5.02. The molecule has 7 heteroatoms. The Morgan fingerprint density at radius 1 is 1.22 bits per heavy atom. The van der Waals surface area contributed by atoms with Crippen LogP contribution in [0, 0.1) is 6.92 Å². The highest BCUT2D eigenvalue weighted by Gasteiger charge is 2.29. The van der Waals surface area contributed by atoms with Gasteiger partial charge in [-0.3, -0.25) is 9.78 Å². The Labute approximate surface area is 162 Å². The summed E-state index contributed by atoms with van der Waals surface area (Å²) in [6, 6.07) is 7.18. The number of rotatable bonds is 4. The minimum Gasteiger partial charge on any atom is -0.443 e. The first-order valence-corrected chi connectivity index (χ1v) is 9.46. The molecule has 0 bridgehead atoms. The van der Waals surface area contributed by atoms with Crippen molar-refractivity contribution in [3.63, 3.8) is 0 Å². The summed E-state index contributed by atoms with van der Waals surface area (Å²) < 4.78 is 8.46. The number of fused-ring (bicyclic) bond motifs is 1. The van der Waals surface area contributed by atoms with Crippen LogP contribution in [0.15, 0.2) is 36.7 Å². The highest BCUT2D eigenvalue weighted by Crippen LogP contribution is 2.29. The molecule has 0 aliphatic rings. The number of pyridine rings is 1. The summed E-state index contributed by atoms with van der Waals surface area (Å²) in [5, 5.41) is 2.88. The molecule has 3 rings (SSSR count). The number of carbonyl (C=O) groups excluding carboxylic acids is 2. The molecule has 1 atom stereocenters. The molecule has 27 heavy (non-hydrogen) atoms. The molecule has 0 aliphatic carbocycles. The van der Waals surface area contributed by atoms with Gasteiger partial charge in [0.25, 0.3) is 5.91 Å². The highest BCUT2D eigenvalue weighted by molar-refractivity contribution is 7.19. The molecule has 0 saturated carbocycles. The molecule has 0 aliphatic heterocycles. The van der Waals surface area contributed by atoms with Crippen molar-refractivity contribution in [1.29, 1.82) is 0 Å². The lowest BCUT2D eigenvalue weighted by Gasteiger charge is -2.25. The van der Waals surface area contributed by atoms with E-state index in [0.29, 0.717) is 11.3 Å². The topological polar surface area (TPSA) is 73.2 Å². The van der Waals surface area contributed by atoms with Crippen molar-refractivity contribution in [2.45, 2.75) is 39.3 Å². The zero-order valence-corrected chi connectivity index (χ0v) is 16.9. The van der Waals surface area contributed by atoms with E-state index in [1.54, 1.807) is 46.5 Å². The monoisotopic (exact) mass is 385 g/mol. The number of aromatic nitrogens is 2. The minimum atomic E-state index is -1.05. The molecule has 0 fully saturated rings. The number of ether oxygens (including phenoxy) is 1. The SMILES string of the molecule is Cc1cc2c(cc(C(=O)O[C@@H](C(=O)NC(C)(C)C)c3ccncc3)n2C)s1. The molecular formula is C20H23N3O3S. The van der Waals surface area contributed by atoms with E-state index in [4.69, 9.17) is 4.74 Å². The van der Waals surface area contributed by atoms with E-state index in [-0.39, 0.29) is 5.91 Å². The number of carbonyl (C=O) groups is 2. The van der Waals surface area contributed by atoms with E-state index in [9.17, 15) is 9.59 Å². The predicted octanol–water partition coefficient (Wildman–Crippen LogP) is 3.76. The van der Waals surface area contributed by atoms with Crippen molar-refractivity contribution in [1.82, 2.24) is 14.9 Å². The Hall–Kier alpha value is -2.67. The van der Waals surface area contributed by atoms with E-state index in [2.05, 4.69) is 10.3 Å². The van der Waals surface area contributed by atoms with Gasteiger partial charge in [-0.05, 0) is 52.0 Å². The van der Waals surface area contributed by atoms with Gasteiger partial charge in [-0.1, -0.05) is 0 Å². The van der Waals surface area contributed by atoms with Crippen molar-refractivity contribution in [3.05, 3.63) is 52.8 Å². The third kappa shape index (κ3) is 4.19. The predicted molar refractivity (Wildman–Crippen MR) is 106 cm³/mol. The van der Waals surface area contributed by atoms with Gasteiger partial charge in [-0.2, -0.15) is 0 Å². The fraction of sp³-hybridized carbons (Fsp3) is 0.350. The van der Waals surface area contributed by atoms with Crippen LogP contribution in [0.3, 0.4) is 0 Å². The molecule has 0 spiro atoms. The normalized spacial score (nSPS) is 12.8. The summed E-state index contributed by atoms with van der Waals surface area (Å²) in [5.74, 6) is -0.904. The number of thiophene rings is 1. The Morgan fingerprint density at radius 3 is 2.48 bits per heavy atom. The van der Waals surface area contributed by atoms with Crippen molar-refractivity contribution < 1.29 is 14.3 Å². The molecule has 142 valence electrons.